The molecule has 5 heteroatoms. The van der Waals surface area contributed by atoms with Gasteiger partial charge < -0.3 is 25.1 Å². The van der Waals surface area contributed by atoms with E-state index < -0.39 is 24.5 Å². The Labute approximate surface area is 105 Å². The summed E-state index contributed by atoms with van der Waals surface area (Å²) in [5.74, 6) is 0. The normalized spacial score (nSPS) is 38.9. The Morgan fingerprint density at radius 3 is 2.89 bits per heavy atom. The standard InChI is InChI=1S/C13H17NO4/c14-10-12(11(15)9-7-17-13(10)18-9)16-6-8-4-2-1-3-5-8/h1-5,9-13,15H,6-7,14H2/t9-,10-,11-,12-,13-/m1/s1. The largest absolute Gasteiger partial charge is 0.388 e. The predicted molar refractivity (Wildman–Crippen MR) is 63.6 cm³/mol. The van der Waals surface area contributed by atoms with E-state index in [0.717, 1.165) is 5.56 Å². The molecule has 0 aliphatic carbocycles. The second-order valence-electron chi connectivity index (χ2n) is 4.71. The van der Waals surface area contributed by atoms with Crippen molar-refractivity contribution in [3.05, 3.63) is 35.9 Å². The number of ether oxygens (including phenoxy) is 3. The number of rotatable bonds is 3. The molecule has 2 fully saturated rings. The highest BCUT2D eigenvalue weighted by atomic mass is 16.7. The van der Waals surface area contributed by atoms with Crippen LogP contribution < -0.4 is 5.73 Å². The topological polar surface area (TPSA) is 73.9 Å². The monoisotopic (exact) mass is 251 g/mol. The van der Waals surface area contributed by atoms with Gasteiger partial charge in [0.25, 0.3) is 0 Å². The zero-order valence-corrected chi connectivity index (χ0v) is 9.94. The van der Waals surface area contributed by atoms with Gasteiger partial charge in [0.1, 0.15) is 18.3 Å². The summed E-state index contributed by atoms with van der Waals surface area (Å²) in [6.45, 7) is 0.806. The summed E-state index contributed by atoms with van der Waals surface area (Å²) >= 11 is 0. The van der Waals surface area contributed by atoms with Gasteiger partial charge in [-0.1, -0.05) is 30.3 Å². The Balaban J connectivity index is 1.65. The molecule has 3 N–H and O–H groups in total. The van der Waals surface area contributed by atoms with Crippen LogP contribution in [0, 0.1) is 0 Å². The maximum absolute atomic E-state index is 10.1. The molecule has 18 heavy (non-hydrogen) atoms. The summed E-state index contributed by atoms with van der Waals surface area (Å²) in [6, 6.07) is 9.34. The molecule has 2 saturated heterocycles. The van der Waals surface area contributed by atoms with Crippen LogP contribution in [0.4, 0.5) is 0 Å². The molecule has 0 unspecified atom stereocenters. The minimum atomic E-state index is -0.734. The Hall–Kier alpha value is -0.980. The first-order valence-electron chi connectivity index (χ1n) is 6.12. The average molecular weight is 251 g/mol. The lowest BCUT2D eigenvalue weighted by molar-refractivity contribution is -0.195. The highest BCUT2D eigenvalue weighted by molar-refractivity contribution is 5.13. The third-order valence-electron chi connectivity index (χ3n) is 3.43. The van der Waals surface area contributed by atoms with E-state index >= 15 is 0 Å². The summed E-state index contributed by atoms with van der Waals surface area (Å²) in [5, 5.41) is 10.1. The zero-order valence-electron chi connectivity index (χ0n) is 9.94. The Morgan fingerprint density at radius 2 is 2.11 bits per heavy atom. The summed E-state index contributed by atoms with van der Waals surface area (Å²) < 4.78 is 16.5. The first kappa shape index (κ1) is 12.1. The van der Waals surface area contributed by atoms with Crippen LogP contribution in [0.2, 0.25) is 0 Å². The second kappa shape index (κ2) is 4.95. The lowest BCUT2D eigenvalue weighted by atomic mass is 9.99. The summed E-state index contributed by atoms with van der Waals surface area (Å²) in [5.41, 5.74) is 7.03. The van der Waals surface area contributed by atoms with Crippen molar-refractivity contribution in [1.29, 1.82) is 0 Å². The summed E-state index contributed by atoms with van der Waals surface area (Å²) in [6.07, 6.45) is -1.96. The van der Waals surface area contributed by atoms with Gasteiger partial charge in [0, 0.05) is 0 Å². The smallest absolute Gasteiger partial charge is 0.175 e. The van der Waals surface area contributed by atoms with Crippen molar-refractivity contribution in [3.8, 4) is 0 Å². The van der Waals surface area contributed by atoms with Crippen molar-refractivity contribution in [2.75, 3.05) is 6.61 Å². The summed E-state index contributed by atoms with van der Waals surface area (Å²) in [7, 11) is 0. The van der Waals surface area contributed by atoms with Crippen LogP contribution in [-0.2, 0) is 20.8 Å². The molecule has 2 aliphatic heterocycles. The maximum atomic E-state index is 10.1. The quantitative estimate of drug-likeness (QED) is 0.792. The van der Waals surface area contributed by atoms with Crippen LogP contribution in [0.25, 0.3) is 0 Å². The zero-order chi connectivity index (χ0) is 12.5. The molecule has 2 aliphatic rings. The van der Waals surface area contributed by atoms with E-state index in [1.807, 2.05) is 30.3 Å². The number of hydrogen-bond donors (Lipinski definition) is 2. The van der Waals surface area contributed by atoms with Crippen LogP contribution >= 0.6 is 0 Å². The Bertz CT molecular complexity index is 383. The molecule has 2 heterocycles. The number of hydrogen-bond acceptors (Lipinski definition) is 5. The molecule has 0 saturated carbocycles. The third-order valence-corrected chi connectivity index (χ3v) is 3.43. The fraction of sp³-hybridized carbons (Fsp3) is 0.538. The molecule has 3 rings (SSSR count). The van der Waals surface area contributed by atoms with Gasteiger partial charge in [-0.3, -0.25) is 0 Å². The van der Waals surface area contributed by atoms with Gasteiger partial charge in [0.05, 0.1) is 19.3 Å². The molecule has 0 radical (unpaired) electrons. The third kappa shape index (κ3) is 2.15. The Morgan fingerprint density at radius 1 is 1.33 bits per heavy atom. The number of aliphatic hydroxyl groups excluding tert-OH is 1. The fourth-order valence-electron chi connectivity index (χ4n) is 2.39. The minimum absolute atomic E-state index is 0.324. The van der Waals surface area contributed by atoms with Crippen molar-refractivity contribution in [2.24, 2.45) is 5.73 Å². The van der Waals surface area contributed by atoms with Crippen LogP contribution in [0.5, 0.6) is 0 Å². The number of benzene rings is 1. The van der Waals surface area contributed by atoms with Crippen molar-refractivity contribution in [2.45, 2.75) is 37.3 Å². The molecule has 1 aromatic rings. The lowest BCUT2D eigenvalue weighted by Crippen LogP contribution is -2.58. The van der Waals surface area contributed by atoms with Gasteiger partial charge in [0.15, 0.2) is 6.29 Å². The molecule has 0 spiro atoms. The number of nitrogens with two attached hydrogens (primary N) is 1. The van der Waals surface area contributed by atoms with Crippen molar-refractivity contribution < 1.29 is 19.3 Å². The SMILES string of the molecule is N[C@H]1[C@@H]2OC[C@@H](O2)[C@@H](O)[C@@H]1OCc1ccccc1. The molecular weight excluding hydrogens is 234 g/mol. The molecular formula is C13H17NO4. The fourth-order valence-corrected chi connectivity index (χ4v) is 2.39. The molecule has 1 aromatic carbocycles. The predicted octanol–water partition coefficient (Wildman–Crippen LogP) is 0.0151. The molecule has 5 atom stereocenters. The maximum Gasteiger partial charge on any atom is 0.175 e. The van der Waals surface area contributed by atoms with E-state index in [2.05, 4.69) is 0 Å². The Kier molecular flexibility index (Phi) is 3.32. The first-order chi connectivity index (χ1) is 8.75. The first-order valence-corrected chi connectivity index (χ1v) is 6.12. The molecule has 98 valence electrons. The number of fused-ring (bicyclic) bond motifs is 2. The molecule has 5 nitrogen and oxygen atoms in total. The molecule has 0 aromatic heterocycles. The van der Waals surface area contributed by atoms with Crippen LogP contribution in [0.1, 0.15) is 5.56 Å². The number of aliphatic hydroxyl groups is 1. The molecule has 2 bridgehead atoms. The van der Waals surface area contributed by atoms with E-state index in [1.54, 1.807) is 0 Å². The lowest BCUT2D eigenvalue weighted by Gasteiger charge is -2.36. The van der Waals surface area contributed by atoms with Crippen LogP contribution in [0.15, 0.2) is 30.3 Å². The van der Waals surface area contributed by atoms with E-state index in [4.69, 9.17) is 19.9 Å². The van der Waals surface area contributed by atoms with Gasteiger partial charge in [0.2, 0.25) is 0 Å². The van der Waals surface area contributed by atoms with E-state index in [1.165, 1.54) is 0 Å². The minimum Gasteiger partial charge on any atom is -0.388 e. The molecule has 0 amide bonds. The van der Waals surface area contributed by atoms with E-state index in [9.17, 15) is 5.11 Å². The average Bonchev–Trinajstić information content (AvgIpc) is 2.85. The summed E-state index contributed by atoms with van der Waals surface area (Å²) in [4.78, 5) is 0. The van der Waals surface area contributed by atoms with Gasteiger partial charge >= 0.3 is 0 Å². The second-order valence-corrected chi connectivity index (χ2v) is 4.71. The van der Waals surface area contributed by atoms with Gasteiger partial charge in [-0.2, -0.15) is 0 Å². The highest BCUT2D eigenvalue weighted by Gasteiger charge is 2.49. The van der Waals surface area contributed by atoms with Gasteiger partial charge in [-0.15, -0.1) is 0 Å². The van der Waals surface area contributed by atoms with Crippen LogP contribution in [0.3, 0.4) is 0 Å². The van der Waals surface area contributed by atoms with E-state index in [-0.39, 0.29) is 6.10 Å². The van der Waals surface area contributed by atoms with Crippen molar-refractivity contribution in [3.63, 3.8) is 0 Å². The van der Waals surface area contributed by atoms with E-state index in [0.29, 0.717) is 13.2 Å². The van der Waals surface area contributed by atoms with Crippen molar-refractivity contribution >= 4 is 0 Å². The van der Waals surface area contributed by atoms with Crippen LogP contribution in [-0.4, -0.2) is 42.4 Å². The highest BCUT2D eigenvalue weighted by Crippen LogP contribution is 2.29. The van der Waals surface area contributed by atoms with Gasteiger partial charge in [-0.05, 0) is 5.56 Å². The van der Waals surface area contributed by atoms with Gasteiger partial charge in [-0.25, -0.2) is 0 Å². The van der Waals surface area contributed by atoms with Crippen molar-refractivity contribution in [1.82, 2.24) is 0 Å².